The Morgan fingerprint density at radius 1 is 1.03 bits per heavy atom. The first kappa shape index (κ1) is 21.0. The van der Waals surface area contributed by atoms with Crippen LogP contribution in [0.3, 0.4) is 0 Å². The molecule has 0 bridgehead atoms. The minimum atomic E-state index is -0.113. The van der Waals surface area contributed by atoms with Gasteiger partial charge in [0.2, 0.25) is 0 Å². The van der Waals surface area contributed by atoms with Gasteiger partial charge in [0.15, 0.2) is 0 Å². The van der Waals surface area contributed by atoms with Gasteiger partial charge < -0.3 is 23.9 Å². The Labute approximate surface area is 182 Å². The second-order valence-corrected chi connectivity index (χ2v) is 7.88. The summed E-state index contributed by atoms with van der Waals surface area (Å²) in [6.45, 7) is 5.86. The van der Waals surface area contributed by atoms with E-state index in [0.29, 0.717) is 25.4 Å². The standard InChI is InChI=1S/C25H29N3O3/c1-17(2)28-20-11-7-6-10-19(20)24-21(28)15-22(27(24)13-14-30-3)25(29)26-16-18-9-5-8-12-23(18)31-4/h5-12,15,17H,13-14,16H2,1-4H3,(H,26,29). The molecule has 162 valence electrons. The first-order valence-electron chi connectivity index (χ1n) is 10.6. The molecule has 0 saturated carbocycles. The molecule has 1 amide bonds. The number of para-hydroxylation sites is 2. The van der Waals surface area contributed by atoms with Crippen LogP contribution in [0, 0.1) is 0 Å². The molecule has 0 spiro atoms. The molecule has 0 aliphatic carbocycles. The summed E-state index contributed by atoms with van der Waals surface area (Å²) in [4.78, 5) is 13.3. The number of hydrogen-bond acceptors (Lipinski definition) is 3. The van der Waals surface area contributed by atoms with Crippen molar-refractivity contribution in [1.29, 1.82) is 0 Å². The maximum Gasteiger partial charge on any atom is 0.268 e. The van der Waals surface area contributed by atoms with Gasteiger partial charge in [0.05, 0.1) is 30.3 Å². The molecule has 1 N–H and O–H groups in total. The largest absolute Gasteiger partial charge is 0.496 e. The molecule has 4 aromatic rings. The highest BCUT2D eigenvalue weighted by atomic mass is 16.5. The molecular weight excluding hydrogens is 390 g/mol. The molecule has 0 unspecified atom stereocenters. The smallest absolute Gasteiger partial charge is 0.268 e. The number of nitrogens with zero attached hydrogens (tertiary/aromatic N) is 2. The topological polar surface area (TPSA) is 57.4 Å². The highest BCUT2D eigenvalue weighted by molar-refractivity contribution is 6.10. The zero-order chi connectivity index (χ0) is 22.0. The molecular formula is C25H29N3O3. The van der Waals surface area contributed by atoms with Crippen molar-refractivity contribution < 1.29 is 14.3 Å². The van der Waals surface area contributed by atoms with Crippen molar-refractivity contribution in [1.82, 2.24) is 14.5 Å². The summed E-state index contributed by atoms with van der Waals surface area (Å²) < 4.78 is 15.1. The number of fused-ring (bicyclic) bond motifs is 3. The molecule has 2 aromatic heterocycles. The van der Waals surface area contributed by atoms with Crippen LogP contribution in [0.5, 0.6) is 5.75 Å². The van der Waals surface area contributed by atoms with Gasteiger partial charge in [-0.05, 0) is 32.0 Å². The molecule has 0 aliphatic heterocycles. The zero-order valence-electron chi connectivity index (χ0n) is 18.5. The van der Waals surface area contributed by atoms with Gasteiger partial charge >= 0.3 is 0 Å². The maximum absolute atomic E-state index is 13.3. The number of rotatable bonds is 8. The van der Waals surface area contributed by atoms with E-state index in [4.69, 9.17) is 9.47 Å². The third-order valence-electron chi connectivity index (χ3n) is 5.65. The Hall–Kier alpha value is -3.25. The highest BCUT2D eigenvalue weighted by Gasteiger charge is 2.22. The lowest BCUT2D eigenvalue weighted by Crippen LogP contribution is -2.26. The first-order valence-corrected chi connectivity index (χ1v) is 10.6. The van der Waals surface area contributed by atoms with Gasteiger partial charge in [-0.1, -0.05) is 36.4 Å². The summed E-state index contributed by atoms with van der Waals surface area (Å²) in [7, 11) is 3.32. The third-order valence-corrected chi connectivity index (χ3v) is 5.65. The Bertz CT molecular complexity index is 1220. The summed E-state index contributed by atoms with van der Waals surface area (Å²) >= 11 is 0. The summed E-state index contributed by atoms with van der Waals surface area (Å²) in [5, 5.41) is 4.21. The second kappa shape index (κ2) is 8.86. The molecule has 2 heterocycles. The van der Waals surface area contributed by atoms with Crippen LogP contribution in [0.25, 0.3) is 21.9 Å². The lowest BCUT2D eigenvalue weighted by molar-refractivity contribution is 0.0939. The Morgan fingerprint density at radius 2 is 1.77 bits per heavy atom. The molecule has 6 nitrogen and oxygen atoms in total. The van der Waals surface area contributed by atoms with Crippen LogP contribution in [0.2, 0.25) is 0 Å². The summed E-state index contributed by atoms with van der Waals surface area (Å²) in [5.74, 6) is 0.651. The molecule has 31 heavy (non-hydrogen) atoms. The van der Waals surface area contributed by atoms with Crippen molar-refractivity contribution >= 4 is 27.8 Å². The minimum Gasteiger partial charge on any atom is -0.496 e. The van der Waals surface area contributed by atoms with E-state index in [1.54, 1.807) is 14.2 Å². The number of carbonyl (C=O) groups excluding carboxylic acids is 1. The van der Waals surface area contributed by atoms with E-state index in [9.17, 15) is 4.79 Å². The van der Waals surface area contributed by atoms with E-state index in [-0.39, 0.29) is 11.9 Å². The average molecular weight is 420 g/mol. The Balaban J connectivity index is 1.77. The fourth-order valence-corrected chi connectivity index (χ4v) is 4.29. The van der Waals surface area contributed by atoms with Crippen molar-refractivity contribution in [3.8, 4) is 5.75 Å². The quantitative estimate of drug-likeness (QED) is 0.448. The lowest BCUT2D eigenvalue weighted by atomic mass is 10.2. The van der Waals surface area contributed by atoms with Gasteiger partial charge in [-0.2, -0.15) is 0 Å². The SMILES string of the molecule is COCCn1c(C(=O)NCc2ccccc2OC)cc2c1c1ccccc1n2C(C)C. The minimum absolute atomic E-state index is 0.113. The van der Waals surface area contributed by atoms with E-state index in [1.807, 2.05) is 36.4 Å². The van der Waals surface area contributed by atoms with Crippen LogP contribution in [-0.2, 0) is 17.8 Å². The summed E-state index contributed by atoms with van der Waals surface area (Å²) in [6, 6.07) is 18.3. The molecule has 0 radical (unpaired) electrons. The molecule has 2 aromatic carbocycles. The fraction of sp³-hybridized carbons (Fsp3) is 0.320. The predicted octanol–water partition coefficient (Wildman–Crippen LogP) is 4.76. The van der Waals surface area contributed by atoms with Gasteiger partial charge in [0.1, 0.15) is 11.4 Å². The van der Waals surface area contributed by atoms with Crippen molar-refractivity contribution in [3.63, 3.8) is 0 Å². The van der Waals surface area contributed by atoms with Gasteiger partial charge in [-0.25, -0.2) is 0 Å². The van der Waals surface area contributed by atoms with Crippen LogP contribution < -0.4 is 10.1 Å². The van der Waals surface area contributed by atoms with Crippen LogP contribution >= 0.6 is 0 Å². The van der Waals surface area contributed by atoms with Crippen molar-refractivity contribution in [2.75, 3.05) is 20.8 Å². The van der Waals surface area contributed by atoms with Crippen molar-refractivity contribution in [3.05, 3.63) is 65.9 Å². The number of carbonyl (C=O) groups is 1. The Kier molecular flexibility index (Phi) is 6.00. The monoisotopic (exact) mass is 419 g/mol. The lowest BCUT2D eigenvalue weighted by Gasteiger charge is -2.13. The molecule has 0 atom stereocenters. The number of amides is 1. The van der Waals surface area contributed by atoms with E-state index >= 15 is 0 Å². The van der Waals surface area contributed by atoms with E-state index in [1.165, 1.54) is 5.52 Å². The van der Waals surface area contributed by atoms with Gasteiger partial charge in [0.25, 0.3) is 5.91 Å². The predicted molar refractivity (Wildman–Crippen MR) is 124 cm³/mol. The third kappa shape index (κ3) is 3.79. The van der Waals surface area contributed by atoms with Crippen molar-refractivity contribution in [2.24, 2.45) is 0 Å². The molecule has 0 aliphatic rings. The summed E-state index contributed by atoms with van der Waals surface area (Å²) in [6.07, 6.45) is 0. The summed E-state index contributed by atoms with van der Waals surface area (Å²) in [5.41, 5.74) is 4.89. The van der Waals surface area contributed by atoms with Crippen LogP contribution in [0.4, 0.5) is 0 Å². The van der Waals surface area contributed by atoms with E-state index in [2.05, 4.69) is 46.5 Å². The molecule has 0 fully saturated rings. The maximum atomic E-state index is 13.3. The van der Waals surface area contributed by atoms with Crippen LogP contribution in [-0.4, -0.2) is 35.9 Å². The highest BCUT2D eigenvalue weighted by Crippen LogP contribution is 2.34. The number of ether oxygens (including phenoxy) is 2. The van der Waals surface area contributed by atoms with Gasteiger partial charge in [-0.15, -0.1) is 0 Å². The van der Waals surface area contributed by atoms with Crippen molar-refractivity contribution in [2.45, 2.75) is 33.0 Å². The normalized spacial score (nSPS) is 11.5. The van der Waals surface area contributed by atoms with Gasteiger partial charge in [-0.3, -0.25) is 4.79 Å². The molecule has 6 heteroatoms. The van der Waals surface area contributed by atoms with E-state index in [0.717, 1.165) is 27.7 Å². The molecule has 0 saturated heterocycles. The number of benzene rings is 2. The van der Waals surface area contributed by atoms with Crippen LogP contribution in [0.15, 0.2) is 54.6 Å². The number of aromatic nitrogens is 2. The average Bonchev–Trinajstić information content (AvgIpc) is 3.30. The van der Waals surface area contributed by atoms with Crippen LogP contribution in [0.1, 0.15) is 35.9 Å². The zero-order valence-corrected chi connectivity index (χ0v) is 18.5. The first-order chi connectivity index (χ1) is 15.1. The number of methoxy groups -OCH3 is 2. The number of nitrogens with one attached hydrogen (secondary N) is 1. The Morgan fingerprint density at radius 3 is 2.52 bits per heavy atom. The van der Waals surface area contributed by atoms with Gasteiger partial charge in [0, 0.05) is 37.2 Å². The molecule has 4 rings (SSSR count). The second-order valence-electron chi connectivity index (χ2n) is 7.88. The van der Waals surface area contributed by atoms with E-state index < -0.39 is 0 Å². The number of hydrogen-bond donors (Lipinski definition) is 1. The fourth-order valence-electron chi connectivity index (χ4n) is 4.29.